The van der Waals surface area contributed by atoms with Crippen LogP contribution in [0.2, 0.25) is 0 Å². The Kier molecular flexibility index (Phi) is 4.18. The second-order valence-corrected chi connectivity index (χ2v) is 7.52. The van der Waals surface area contributed by atoms with Gasteiger partial charge in [-0.05, 0) is 67.4 Å². The van der Waals surface area contributed by atoms with E-state index in [2.05, 4.69) is 42.6 Å². The lowest BCUT2D eigenvalue weighted by Gasteiger charge is -2.31. The molecule has 2 aliphatic rings. The number of hydrogen-bond acceptors (Lipinski definition) is 2. The van der Waals surface area contributed by atoms with Gasteiger partial charge in [0.2, 0.25) is 0 Å². The lowest BCUT2D eigenvalue weighted by Crippen LogP contribution is -2.33. The van der Waals surface area contributed by atoms with Crippen LogP contribution in [0.1, 0.15) is 32.6 Å². The van der Waals surface area contributed by atoms with Crippen LogP contribution < -0.4 is 5.32 Å². The molecule has 2 unspecified atom stereocenters. The van der Waals surface area contributed by atoms with E-state index in [1.165, 1.54) is 42.9 Å². The molecule has 0 aliphatic heterocycles. The van der Waals surface area contributed by atoms with Crippen molar-refractivity contribution in [3.63, 3.8) is 0 Å². The summed E-state index contributed by atoms with van der Waals surface area (Å²) in [6.07, 6.45) is 5.88. The molecule has 3 rings (SSSR count). The predicted molar refractivity (Wildman–Crippen MR) is 83.6 cm³/mol. The average Bonchev–Trinajstić information content (AvgIpc) is 3.06. The molecule has 0 bridgehead atoms. The molecule has 1 aromatic rings. The van der Waals surface area contributed by atoms with Gasteiger partial charge in [0.05, 0.1) is 0 Å². The predicted octanol–water partition coefficient (Wildman–Crippen LogP) is 4.19. The molecule has 19 heavy (non-hydrogen) atoms. The summed E-state index contributed by atoms with van der Waals surface area (Å²) in [6.45, 7) is 4.58. The van der Waals surface area contributed by atoms with E-state index in [0.717, 1.165) is 18.4 Å². The summed E-state index contributed by atoms with van der Waals surface area (Å²) in [4.78, 5) is 1.42. The van der Waals surface area contributed by atoms with Crippen LogP contribution in [0, 0.1) is 17.3 Å². The minimum atomic E-state index is 0.616. The van der Waals surface area contributed by atoms with Gasteiger partial charge < -0.3 is 5.32 Å². The molecular formula is C17H25NS. The number of nitrogens with one attached hydrogen (secondary N) is 1. The molecule has 0 aromatic heterocycles. The molecule has 1 N–H and O–H groups in total. The summed E-state index contributed by atoms with van der Waals surface area (Å²) in [5.41, 5.74) is 0.616. The monoisotopic (exact) mass is 275 g/mol. The van der Waals surface area contributed by atoms with E-state index in [0.29, 0.717) is 5.41 Å². The Morgan fingerprint density at radius 2 is 1.95 bits per heavy atom. The van der Waals surface area contributed by atoms with Crippen LogP contribution in [-0.2, 0) is 0 Å². The first-order valence-electron chi connectivity index (χ1n) is 7.70. The molecule has 0 saturated heterocycles. The third-order valence-corrected chi connectivity index (χ3v) is 5.87. The van der Waals surface area contributed by atoms with E-state index < -0.39 is 0 Å². The maximum absolute atomic E-state index is 3.61. The largest absolute Gasteiger partial charge is 0.316 e. The summed E-state index contributed by atoms with van der Waals surface area (Å²) in [6, 6.07) is 10.8. The highest BCUT2D eigenvalue weighted by Crippen LogP contribution is 2.61. The smallest absolute Gasteiger partial charge is 0.00719 e. The molecule has 2 fully saturated rings. The quantitative estimate of drug-likeness (QED) is 0.749. The van der Waals surface area contributed by atoms with Crippen LogP contribution in [0.25, 0.3) is 0 Å². The Balaban J connectivity index is 1.51. The van der Waals surface area contributed by atoms with Crippen molar-refractivity contribution in [1.29, 1.82) is 0 Å². The van der Waals surface area contributed by atoms with E-state index in [1.54, 1.807) is 0 Å². The van der Waals surface area contributed by atoms with Crippen molar-refractivity contribution in [3.05, 3.63) is 30.3 Å². The van der Waals surface area contributed by atoms with Crippen LogP contribution in [-0.4, -0.2) is 18.8 Å². The molecule has 2 aliphatic carbocycles. The van der Waals surface area contributed by atoms with Gasteiger partial charge in [0.1, 0.15) is 0 Å². The molecule has 0 amide bonds. The summed E-state index contributed by atoms with van der Waals surface area (Å²) >= 11 is 2.03. The first-order valence-corrected chi connectivity index (χ1v) is 8.68. The Labute approximate surface area is 121 Å². The lowest BCUT2D eigenvalue weighted by atomic mass is 9.80. The average molecular weight is 275 g/mol. The van der Waals surface area contributed by atoms with Gasteiger partial charge in [-0.3, -0.25) is 0 Å². The van der Waals surface area contributed by atoms with E-state index in [1.807, 2.05) is 11.8 Å². The van der Waals surface area contributed by atoms with Gasteiger partial charge in [-0.15, -0.1) is 11.8 Å². The van der Waals surface area contributed by atoms with Crippen LogP contribution in [0.3, 0.4) is 0 Å². The topological polar surface area (TPSA) is 12.0 Å². The zero-order valence-electron chi connectivity index (χ0n) is 11.9. The Morgan fingerprint density at radius 3 is 2.63 bits per heavy atom. The van der Waals surface area contributed by atoms with Crippen molar-refractivity contribution in [2.75, 3.05) is 18.8 Å². The van der Waals surface area contributed by atoms with Crippen molar-refractivity contribution < 1.29 is 0 Å². The van der Waals surface area contributed by atoms with Gasteiger partial charge in [0.15, 0.2) is 0 Å². The van der Waals surface area contributed by atoms with Crippen molar-refractivity contribution >= 4 is 11.8 Å². The highest BCUT2D eigenvalue weighted by Gasteiger charge is 2.52. The summed E-state index contributed by atoms with van der Waals surface area (Å²) in [7, 11) is 0. The van der Waals surface area contributed by atoms with Crippen molar-refractivity contribution in [2.45, 2.75) is 37.5 Å². The van der Waals surface area contributed by atoms with Crippen LogP contribution in [0.5, 0.6) is 0 Å². The second-order valence-electron chi connectivity index (χ2n) is 6.36. The second kappa shape index (κ2) is 5.88. The fourth-order valence-electron chi connectivity index (χ4n) is 3.74. The molecule has 1 aromatic carbocycles. The Bertz CT molecular complexity index is 393. The molecular weight excluding hydrogens is 250 g/mol. The molecule has 0 spiro atoms. The van der Waals surface area contributed by atoms with E-state index in [4.69, 9.17) is 0 Å². The molecule has 2 heteroatoms. The van der Waals surface area contributed by atoms with Crippen molar-refractivity contribution in [1.82, 2.24) is 5.32 Å². The fourth-order valence-corrected chi connectivity index (χ4v) is 4.86. The number of rotatable bonds is 7. The number of thioether (sulfide) groups is 1. The van der Waals surface area contributed by atoms with Gasteiger partial charge in [-0.2, -0.15) is 0 Å². The van der Waals surface area contributed by atoms with Crippen LogP contribution >= 0.6 is 11.8 Å². The SMILES string of the molecule is CCNCC1(CCSc2ccccc2)CC2CC2C1. The summed E-state index contributed by atoms with van der Waals surface area (Å²) in [5.74, 6) is 3.44. The maximum atomic E-state index is 3.61. The van der Waals surface area contributed by atoms with Crippen molar-refractivity contribution in [3.8, 4) is 0 Å². The highest BCUT2D eigenvalue weighted by molar-refractivity contribution is 7.99. The minimum Gasteiger partial charge on any atom is -0.316 e. The summed E-state index contributed by atoms with van der Waals surface area (Å²) in [5, 5.41) is 3.61. The van der Waals surface area contributed by atoms with Crippen molar-refractivity contribution in [2.24, 2.45) is 17.3 Å². The first kappa shape index (κ1) is 13.5. The Hall–Kier alpha value is -0.470. The van der Waals surface area contributed by atoms with Gasteiger partial charge in [0, 0.05) is 11.4 Å². The molecule has 1 nitrogen and oxygen atoms in total. The lowest BCUT2D eigenvalue weighted by molar-refractivity contribution is 0.245. The van der Waals surface area contributed by atoms with Gasteiger partial charge in [-0.25, -0.2) is 0 Å². The number of benzene rings is 1. The van der Waals surface area contributed by atoms with Gasteiger partial charge in [0.25, 0.3) is 0 Å². The van der Waals surface area contributed by atoms with Gasteiger partial charge in [-0.1, -0.05) is 25.1 Å². The molecule has 2 saturated carbocycles. The van der Waals surface area contributed by atoms with Crippen LogP contribution in [0.15, 0.2) is 35.2 Å². The standard InChI is InChI=1S/C17H25NS/c1-2-18-13-17(11-14-10-15(14)12-17)8-9-19-16-6-4-3-5-7-16/h3-7,14-15,18H,2,8-13H2,1H3. The first-order chi connectivity index (χ1) is 9.31. The third kappa shape index (κ3) is 3.35. The van der Waals surface area contributed by atoms with Crippen LogP contribution in [0.4, 0.5) is 0 Å². The zero-order valence-corrected chi connectivity index (χ0v) is 12.7. The minimum absolute atomic E-state index is 0.616. The third-order valence-electron chi connectivity index (χ3n) is 4.85. The Morgan fingerprint density at radius 1 is 1.21 bits per heavy atom. The molecule has 104 valence electrons. The van der Waals surface area contributed by atoms with Gasteiger partial charge >= 0.3 is 0 Å². The molecule has 0 heterocycles. The number of fused-ring (bicyclic) bond motifs is 1. The number of hydrogen-bond donors (Lipinski definition) is 1. The normalized spacial score (nSPS) is 32.3. The van der Waals surface area contributed by atoms with E-state index >= 15 is 0 Å². The summed E-state index contributed by atoms with van der Waals surface area (Å²) < 4.78 is 0. The maximum Gasteiger partial charge on any atom is 0.00719 e. The molecule has 0 radical (unpaired) electrons. The van der Waals surface area contributed by atoms with E-state index in [9.17, 15) is 0 Å². The van der Waals surface area contributed by atoms with E-state index in [-0.39, 0.29) is 0 Å². The highest BCUT2D eigenvalue weighted by atomic mass is 32.2. The fraction of sp³-hybridized carbons (Fsp3) is 0.647. The zero-order chi connectivity index (χ0) is 13.1. The molecule has 2 atom stereocenters.